The van der Waals surface area contributed by atoms with E-state index in [4.69, 9.17) is 4.74 Å². The fourth-order valence-electron chi connectivity index (χ4n) is 3.38. The number of halogens is 3. The molecular weight excluding hydrogens is 463 g/mol. The highest BCUT2D eigenvalue weighted by atomic mass is 19.4. The molecule has 0 bridgehead atoms. The molecule has 0 spiro atoms. The minimum Gasteiger partial charge on any atom is -0.467 e. The molecule has 0 aliphatic rings. The fraction of sp³-hybridized carbons (Fsp3) is 0.192. The second kappa shape index (κ2) is 11.0. The summed E-state index contributed by atoms with van der Waals surface area (Å²) in [6.45, 7) is 0. The Morgan fingerprint density at radius 3 is 2.00 bits per heavy atom. The number of alkyl halides is 3. The number of rotatable bonds is 8. The summed E-state index contributed by atoms with van der Waals surface area (Å²) < 4.78 is 42.9. The molecule has 182 valence electrons. The van der Waals surface area contributed by atoms with Crippen LogP contribution in [-0.2, 0) is 26.9 Å². The molecule has 3 rings (SSSR count). The maximum atomic E-state index is 12.7. The number of esters is 1. The molecule has 0 aliphatic carbocycles. The van der Waals surface area contributed by atoms with Crippen molar-refractivity contribution in [2.24, 2.45) is 0 Å². The Morgan fingerprint density at radius 2 is 1.46 bits per heavy atom. The van der Waals surface area contributed by atoms with E-state index in [1.165, 1.54) is 0 Å². The van der Waals surface area contributed by atoms with Crippen LogP contribution in [0, 0.1) is 0 Å². The monoisotopic (exact) mass is 485 g/mol. The largest absolute Gasteiger partial charge is 0.467 e. The molecule has 2 atom stereocenters. The maximum Gasteiger partial charge on any atom is 0.416 e. The second-order valence-electron chi connectivity index (χ2n) is 7.70. The van der Waals surface area contributed by atoms with Crippen molar-refractivity contribution in [3.05, 3.63) is 107 Å². The SMILES string of the molecule is COC(=O)[C@H](Cc1ccc(C(=O)c2ccccc2)cc1)NC(=O)[C@@H](O)c1ccc(C(F)(F)F)cc1. The van der Waals surface area contributed by atoms with Crippen molar-refractivity contribution >= 4 is 17.7 Å². The average molecular weight is 485 g/mol. The third-order valence-electron chi connectivity index (χ3n) is 5.30. The fourth-order valence-corrected chi connectivity index (χ4v) is 3.38. The number of ether oxygens (including phenoxy) is 1. The van der Waals surface area contributed by atoms with E-state index < -0.39 is 35.8 Å². The number of methoxy groups -OCH3 is 1. The molecule has 0 saturated heterocycles. The van der Waals surface area contributed by atoms with Crippen LogP contribution in [0.15, 0.2) is 78.9 Å². The molecule has 0 aromatic heterocycles. The molecule has 2 N–H and O–H groups in total. The molecular formula is C26H22F3NO5. The number of aliphatic hydroxyl groups excluding tert-OH is 1. The van der Waals surface area contributed by atoms with Gasteiger partial charge < -0.3 is 15.2 Å². The number of aliphatic hydroxyl groups is 1. The van der Waals surface area contributed by atoms with E-state index in [0.717, 1.165) is 31.4 Å². The summed E-state index contributed by atoms with van der Waals surface area (Å²) in [5.41, 5.74) is 0.584. The van der Waals surface area contributed by atoms with Gasteiger partial charge in [0.1, 0.15) is 6.04 Å². The van der Waals surface area contributed by atoms with E-state index in [9.17, 15) is 32.7 Å². The van der Waals surface area contributed by atoms with Gasteiger partial charge in [0.15, 0.2) is 11.9 Å². The third-order valence-corrected chi connectivity index (χ3v) is 5.30. The highest BCUT2D eigenvalue weighted by molar-refractivity contribution is 6.08. The summed E-state index contributed by atoms with van der Waals surface area (Å²) >= 11 is 0. The van der Waals surface area contributed by atoms with Crippen LogP contribution in [0.2, 0.25) is 0 Å². The smallest absolute Gasteiger partial charge is 0.416 e. The van der Waals surface area contributed by atoms with Crippen molar-refractivity contribution in [1.29, 1.82) is 0 Å². The topological polar surface area (TPSA) is 92.7 Å². The second-order valence-corrected chi connectivity index (χ2v) is 7.70. The first-order valence-electron chi connectivity index (χ1n) is 10.5. The minimum atomic E-state index is -4.55. The third kappa shape index (κ3) is 6.54. The first-order valence-corrected chi connectivity index (χ1v) is 10.5. The Morgan fingerprint density at radius 1 is 0.886 bits per heavy atom. The van der Waals surface area contributed by atoms with Crippen LogP contribution in [0.4, 0.5) is 13.2 Å². The zero-order valence-electron chi connectivity index (χ0n) is 18.6. The Bertz CT molecular complexity index is 1180. The summed E-state index contributed by atoms with van der Waals surface area (Å²) in [6, 6.07) is 17.5. The minimum absolute atomic E-state index is 0.00203. The molecule has 0 heterocycles. The average Bonchev–Trinajstić information content (AvgIpc) is 2.87. The lowest BCUT2D eigenvalue weighted by Crippen LogP contribution is -2.45. The first-order chi connectivity index (χ1) is 16.6. The zero-order valence-corrected chi connectivity index (χ0v) is 18.6. The number of benzene rings is 3. The molecule has 0 radical (unpaired) electrons. The van der Waals surface area contributed by atoms with E-state index in [2.05, 4.69) is 5.32 Å². The highest BCUT2D eigenvalue weighted by Crippen LogP contribution is 2.30. The lowest BCUT2D eigenvalue weighted by atomic mass is 9.99. The van der Waals surface area contributed by atoms with Crippen LogP contribution < -0.4 is 5.32 Å². The summed E-state index contributed by atoms with van der Waals surface area (Å²) in [5.74, 6) is -1.92. The summed E-state index contributed by atoms with van der Waals surface area (Å²) in [6.07, 6.45) is -6.35. The first kappa shape index (κ1) is 25.6. The van der Waals surface area contributed by atoms with Crippen LogP contribution in [-0.4, -0.2) is 35.9 Å². The van der Waals surface area contributed by atoms with Crippen LogP contribution in [0.5, 0.6) is 0 Å². The van der Waals surface area contributed by atoms with Crippen LogP contribution in [0.1, 0.15) is 38.7 Å². The molecule has 3 aromatic rings. The molecule has 35 heavy (non-hydrogen) atoms. The number of ketones is 1. The van der Waals surface area contributed by atoms with Gasteiger partial charge in [0.05, 0.1) is 12.7 Å². The molecule has 0 unspecified atom stereocenters. The Kier molecular flexibility index (Phi) is 8.03. The Hall–Kier alpha value is -3.98. The lowest BCUT2D eigenvalue weighted by molar-refractivity contribution is -0.146. The van der Waals surface area contributed by atoms with E-state index in [0.29, 0.717) is 16.7 Å². The highest BCUT2D eigenvalue weighted by Gasteiger charge is 2.31. The number of carbonyl (C=O) groups is 3. The number of nitrogens with one attached hydrogen (secondary N) is 1. The molecule has 9 heteroatoms. The van der Waals surface area contributed by atoms with Gasteiger partial charge in [-0.3, -0.25) is 9.59 Å². The van der Waals surface area contributed by atoms with E-state index >= 15 is 0 Å². The van der Waals surface area contributed by atoms with Crippen LogP contribution >= 0.6 is 0 Å². The maximum absolute atomic E-state index is 12.7. The van der Waals surface area contributed by atoms with E-state index in [1.54, 1.807) is 54.6 Å². The van der Waals surface area contributed by atoms with E-state index in [1.807, 2.05) is 0 Å². The molecule has 0 aliphatic heterocycles. The van der Waals surface area contributed by atoms with Gasteiger partial charge >= 0.3 is 12.1 Å². The summed E-state index contributed by atoms with van der Waals surface area (Å²) in [7, 11) is 1.13. The quantitative estimate of drug-likeness (QED) is 0.373. The normalized spacial score (nSPS) is 12.9. The number of carbonyl (C=O) groups excluding carboxylic acids is 3. The van der Waals surface area contributed by atoms with Gasteiger partial charge in [-0.2, -0.15) is 13.2 Å². The predicted molar refractivity (Wildman–Crippen MR) is 120 cm³/mol. The Balaban J connectivity index is 1.69. The zero-order chi connectivity index (χ0) is 25.6. The van der Waals surface area contributed by atoms with Crippen molar-refractivity contribution in [3.63, 3.8) is 0 Å². The van der Waals surface area contributed by atoms with E-state index in [-0.39, 0.29) is 17.8 Å². The van der Waals surface area contributed by atoms with Crippen molar-refractivity contribution in [2.45, 2.75) is 24.7 Å². The summed E-state index contributed by atoms with van der Waals surface area (Å²) in [5, 5.41) is 12.6. The Labute approximate surface area is 199 Å². The number of hydrogen-bond acceptors (Lipinski definition) is 5. The van der Waals surface area contributed by atoms with Gasteiger partial charge in [-0.15, -0.1) is 0 Å². The number of hydrogen-bond donors (Lipinski definition) is 2. The predicted octanol–water partition coefficient (Wildman–Crippen LogP) is 3.87. The van der Waals surface area contributed by atoms with Gasteiger partial charge in [-0.05, 0) is 23.3 Å². The van der Waals surface area contributed by atoms with Gasteiger partial charge in [0.2, 0.25) is 0 Å². The molecule has 3 aromatic carbocycles. The van der Waals surface area contributed by atoms with Crippen molar-refractivity contribution < 1.29 is 37.4 Å². The standard InChI is InChI=1S/C26H22F3NO5/c1-35-25(34)21(30-24(33)23(32)19-11-13-20(14-12-19)26(27,28)29)15-16-7-9-18(10-8-16)22(31)17-5-3-2-4-6-17/h2-14,21,23,32H,15H2,1H3,(H,30,33)/t21-,23-/m0/s1. The molecule has 1 amide bonds. The van der Waals surface area contributed by atoms with Gasteiger partial charge in [0.25, 0.3) is 5.91 Å². The lowest BCUT2D eigenvalue weighted by Gasteiger charge is -2.19. The van der Waals surface area contributed by atoms with Crippen molar-refractivity contribution in [3.8, 4) is 0 Å². The van der Waals surface area contributed by atoms with Crippen molar-refractivity contribution in [2.75, 3.05) is 7.11 Å². The van der Waals surface area contributed by atoms with Gasteiger partial charge in [-0.25, -0.2) is 4.79 Å². The van der Waals surface area contributed by atoms with Crippen LogP contribution in [0.3, 0.4) is 0 Å². The van der Waals surface area contributed by atoms with Gasteiger partial charge in [0, 0.05) is 17.5 Å². The summed E-state index contributed by atoms with van der Waals surface area (Å²) in [4.78, 5) is 37.3. The van der Waals surface area contributed by atoms with Crippen LogP contribution in [0.25, 0.3) is 0 Å². The van der Waals surface area contributed by atoms with Crippen molar-refractivity contribution in [1.82, 2.24) is 5.32 Å². The molecule has 0 fully saturated rings. The van der Waals surface area contributed by atoms with Gasteiger partial charge in [-0.1, -0.05) is 66.7 Å². The molecule has 6 nitrogen and oxygen atoms in total. The number of amides is 1. The molecule has 0 saturated carbocycles.